The average molecular weight is 268 g/mol. The first kappa shape index (κ1) is 13.9. The minimum atomic E-state index is -1.07. The van der Waals surface area contributed by atoms with E-state index in [4.69, 9.17) is 0 Å². The van der Waals surface area contributed by atoms with Crippen molar-refractivity contribution in [3.63, 3.8) is 0 Å². The van der Waals surface area contributed by atoms with Crippen LogP contribution in [0.15, 0.2) is 18.2 Å². The van der Waals surface area contributed by atoms with Crippen molar-refractivity contribution in [2.75, 3.05) is 27.2 Å². The number of carbonyl (C=O) groups excluding carboxylic acids is 1. The molecule has 3 nitrogen and oxygen atoms in total. The van der Waals surface area contributed by atoms with Gasteiger partial charge in [-0.3, -0.25) is 4.79 Å². The molecule has 1 unspecified atom stereocenters. The molecule has 1 aromatic carbocycles. The van der Waals surface area contributed by atoms with E-state index in [0.29, 0.717) is 12.6 Å². The van der Waals surface area contributed by atoms with Crippen LogP contribution < -0.4 is 0 Å². The number of likely N-dealkylation sites (tertiary alicyclic amines) is 1. The van der Waals surface area contributed by atoms with Crippen molar-refractivity contribution < 1.29 is 13.6 Å². The fourth-order valence-electron chi connectivity index (χ4n) is 2.48. The lowest BCUT2D eigenvalue weighted by Crippen LogP contribution is -2.39. The summed E-state index contributed by atoms with van der Waals surface area (Å²) in [6.45, 7) is 1.55. The van der Waals surface area contributed by atoms with Gasteiger partial charge in [-0.1, -0.05) is 6.07 Å². The van der Waals surface area contributed by atoms with E-state index in [9.17, 15) is 13.6 Å². The molecule has 1 saturated heterocycles. The molecule has 1 aliphatic rings. The molecular formula is C14H18F2N2O. The van der Waals surface area contributed by atoms with Gasteiger partial charge in [0.25, 0.3) is 5.91 Å². The van der Waals surface area contributed by atoms with Crippen LogP contribution in [-0.4, -0.2) is 48.9 Å². The molecule has 0 radical (unpaired) electrons. The molecule has 1 amide bonds. The van der Waals surface area contributed by atoms with Gasteiger partial charge >= 0.3 is 0 Å². The van der Waals surface area contributed by atoms with E-state index in [0.717, 1.165) is 25.5 Å². The van der Waals surface area contributed by atoms with Crippen molar-refractivity contribution in [2.24, 2.45) is 0 Å². The molecule has 0 aliphatic carbocycles. The van der Waals surface area contributed by atoms with E-state index in [1.807, 2.05) is 7.05 Å². The summed E-state index contributed by atoms with van der Waals surface area (Å²) in [6, 6.07) is 3.97. The number of likely N-dealkylation sites (N-methyl/N-ethyl adjacent to an activating group) is 2. The van der Waals surface area contributed by atoms with Crippen molar-refractivity contribution in [2.45, 2.75) is 18.9 Å². The maximum Gasteiger partial charge on any atom is 0.256 e. The zero-order valence-electron chi connectivity index (χ0n) is 11.2. The quantitative estimate of drug-likeness (QED) is 0.838. The summed E-state index contributed by atoms with van der Waals surface area (Å²) < 4.78 is 26.7. The van der Waals surface area contributed by atoms with Gasteiger partial charge in [-0.25, -0.2) is 8.78 Å². The lowest BCUT2D eigenvalue weighted by molar-refractivity contribution is 0.0756. The van der Waals surface area contributed by atoms with Gasteiger partial charge in [0.15, 0.2) is 11.6 Å². The van der Waals surface area contributed by atoms with Crippen LogP contribution in [0.1, 0.15) is 23.2 Å². The Kier molecular flexibility index (Phi) is 4.14. The van der Waals surface area contributed by atoms with Crippen molar-refractivity contribution in [3.05, 3.63) is 35.4 Å². The Bertz CT molecular complexity index is 479. The molecule has 19 heavy (non-hydrogen) atoms. The summed E-state index contributed by atoms with van der Waals surface area (Å²) >= 11 is 0. The molecule has 0 spiro atoms. The molecule has 5 heteroatoms. The van der Waals surface area contributed by atoms with Crippen molar-refractivity contribution >= 4 is 5.91 Å². The second-order valence-corrected chi connectivity index (χ2v) is 5.06. The molecule has 1 heterocycles. The third kappa shape index (κ3) is 2.92. The van der Waals surface area contributed by atoms with Crippen LogP contribution in [0.25, 0.3) is 0 Å². The summed E-state index contributed by atoms with van der Waals surface area (Å²) in [5.41, 5.74) is -0.205. The van der Waals surface area contributed by atoms with Crippen molar-refractivity contribution in [1.82, 2.24) is 9.80 Å². The Balaban J connectivity index is 2.08. The van der Waals surface area contributed by atoms with E-state index in [2.05, 4.69) is 4.90 Å². The van der Waals surface area contributed by atoms with Gasteiger partial charge in [-0.05, 0) is 38.6 Å². The summed E-state index contributed by atoms with van der Waals surface area (Å²) in [7, 11) is 3.64. The summed E-state index contributed by atoms with van der Waals surface area (Å²) in [6.07, 6.45) is 2.14. The van der Waals surface area contributed by atoms with Gasteiger partial charge in [0, 0.05) is 19.6 Å². The van der Waals surface area contributed by atoms with Crippen LogP contribution in [0.3, 0.4) is 0 Å². The Labute approximate surface area is 111 Å². The molecule has 1 atom stereocenters. The first-order valence-corrected chi connectivity index (χ1v) is 6.40. The van der Waals surface area contributed by atoms with E-state index < -0.39 is 17.5 Å². The maximum absolute atomic E-state index is 13.6. The number of hydrogen-bond acceptors (Lipinski definition) is 2. The first-order valence-electron chi connectivity index (χ1n) is 6.40. The fraction of sp³-hybridized carbons (Fsp3) is 0.500. The molecule has 0 N–H and O–H groups in total. The van der Waals surface area contributed by atoms with E-state index in [-0.39, 0.29) is 5.56 Å². The number of rotatable bonds is 3. The SMILES string of the molecule is CN(CC1CCCN1C)C(=O)c1cccc(F)c1F. The third-order valence-corrected chi connectivity index (χ3v) is 3.68. The lowest BCUT2D eigenvalue weighted by atomic mass is 10.1. The predicted octanol–water partition coefficient (Wildman–Crippen LogP) is 2.13. The molecule has 2 rings (SSSR count). The molecule has 1 aromatic rings. The standard InChI is InChI=1S/C14H18F2N2O/c1-17-8-4-5-10(17)9-18(2)14(19)11-6-3-7-12(15)13(11)16/h3,6-7,10H,4-5,8-9H2,1-2H3. The Hall–Kier alpha value is -1.49. The summed E-state index contributed by atoms with van der Waals surface area (Å²) in [5, 5.41) is 0. The highest BCUT2D eigenvalue weighted by molar-refractivity contribution is 5.94. The molecular weight excluding hydrogens is 250 g/mol. The second-order valence-electron chi connectivity index (χ2n) is 5.06. The number of hydrogen-bond donors (Lipinski definition) is 0. The van der Waals surface area contributed by atoms with E-state index in [1.54, 1.807) is 7.05 Å². The van der Waals surface area contributed by atoms with E-state index in [1.165, 1.54) is 17.0 Å². The highest BCUT2D eigenvalue weighted by Gasteiger charge is 2.25. The predicted molar refractivity (Wildman–Crippen MR) is 69.0 cm³/mol. The zero-order chi connectivity index (χ0) is 14.0. The summed E-state index contributed by atoms with van der Waals surface area (Å²) in [4.78, 5) is 15.8. The minimum absolute atomic E-state index is 0.205. The monoisotopic (exact) mass is 268 g/mol. The Morgan fingerprint density at radius 1 is 1.47 bits per heavy atom. The van der Waals surface area contributed by atoms with Crippen LogP contribution >= 0.6 is 0 Å². The largest absolute Gasteiger partial charge is 0.340 e. The lowest BCUT2D eigenvalue weighted by Gasteiger charge is -2.26. The van der Waals surface area contributed by atoms with Gasteiger partial charge < -0.3 is 9.80 Å². The first-order chi connectivity index (χ1) is 9.00. The Morgan fingerprint density at radius 2 is 2.21 bits per heavy atom. The number of benzene rings is 1. The van der Waals surface area contributed by atoms with Gasteiger partial charge in [0.05, 0.1) is 5.56 Å². The number of nitrogens with zero attached hydrogens (tertiary/aromatic N) is 2. The maximum atomic E-state index is 13.6. The van der Waals surface area contributed by atoms with Gasteiger partial charge in [-0.15, -0.1) is 0 Å². The highest BCUT2D eigenvalue weighted by Crippen LogP contribution is 2.18. The Morgan fingerprint density at radius 3 is 2.84 bits per heavy atom. The van der Waals surface area contributed by atoms with Gasteiger partial charge in [0.1, 0.15) is 0 Å². The smallest absolute Gasteiger partial charge is 0.256 e. The number of halogens is 2. The summed E-state index contributed by atoms with van der Waals surface area (Å²) in [5.74, 6) is -2.53. The van der Waals surface area contributed by atoms with Gasteiger partial charge in [0.2, 0.25) is 0 Å². The normalized spacial score (nSPS) is 19.7. The van der Waals surface area contributed by atoms with Crippen molar-refractivity contribution in [3.8, 4) is 0 Å². The fourth-order valence-corrected chi connectivity index (χ4v) is 2.48. The molecule has 1 aliphatic heterocycles. The number of carbonyl (C=O) groups is 1. The molecule has 0 saturated carbocycles. The van der Waals surface area contributed by atoms with Crippen LogP contribution in [-0.2, 0) is 0 Å². The third-order valence-electron chi connectivity index (χ3n) is 3.68. The van der Waals surface area contributed by atoms with E-state index >= 15 is 0 Å². The second kappa shape index (κ2) is 5.65. The minimum Gasteiger partial charge on any atom is -0.340 e. The van der Waals surface area contributed by atoms with Crippen molar-refractivity contribution in [1.29, 1.82) is 0 Å². The van der Waals surface area contributed by atoms with Crippen LogP contribution in [0.5, 0.6) is 0 Å². The van der Waals surface area contributed by atoms with Crippen LogP contribution in [0, 0.1) is 11.6 Å². The molecule has 104 valence electrons. The van der Waals surface area contributed by atoms with Gasteiger partial charge in [-0.2, -0.15) is 0 Å². The molecule has 0 bridgehead atoms. The van der Waals surface area contributed by atoms with Crippen LogP contribution in [0.4, 0.5) is 8.78 Å². The molecule has 1 fully saturated rings. The zero-order valence-corrected chi connectivity index (χ0v) is 11.2. The van der Waals surface area contributed by atoms with Crippen LogP contribution in [0.2, 0.25) is 0 Å². The topological polar surface area (TPSA) is 23.6 Å². The molecule has 0 aromatic heterocycles. The average Bonchev–Trinajstić information content (AvgIpc) is 2.77. The highest BCUT2D eigenvalue weighted by atomic mass is 19.2. The number of amides is 1.